The van der Waals surface area contributed by atoms with Gasteiger partial charge in [-0.05, 0) is 93.8 Å². The summed E-state index contributed by atoms with van der Waals surface area (Å²) in [6.45, 7) is 8.79. The molecule has 0 unspecified atom stereocenters. The highest BCUT2D eigenvalue weighted by Gasteiger charge is 2.60. The SMILES string of the molecule is COc1cc2cc(c1Cl)N(C)C(=O)C[C@@]1(OC(=O)[C@H](C)N(C)C(=O)c3ccc(NC(=O)[C@H](CCCNC(N)=O)NC(=O)[C@@H](NC(=O)CCCCCN4C(=O)C=CC4=O)C(C)C)cc3)O[C@@H](C[C@@H]3C[C@@](O)(NC(=O)O3)[C@H](OC)/C=C/C=C(\C)C2)[C@@H]1C. The van der Waals surface area contributed by atoms with E-state index in [4.69, 9.17) is 41.0 Å². The number of amides is 10. The van der Waals surface area contributed by atoms with Gasteiger partial charge in [0.15, 0.2) is 5.72 Å². The number of urea groups is 1. The molecule has 2 fully saturated rings. The highest BCUT2D eigenvalue weighted by molar-refractivity contribution is 6.35. The second-order valence-electron chi connectivity index (χ2n) is 22.1. The fourth-order valence-corrected chi connectivity index (χ4v) is 10.6. The molecule has 462 valence electrons. The summed E-state index contributed by atoms with van der Waals surface area (Å²) in [6.07, 6.45) is 5.53. The third-order valence-corrected chi connectivity index (χ3v) is 15.9. The van der Waals surface area contributed by atoms with Gasteiger partial charge in [0.25, 0.3) is 17.7 Å². The van der Waals surface area contributed by atoms with E-state index in [-0.39, 0.29) is 73.3 Å². The monoisotopic (exact) mass is 1200 g/mol. The summed E-state index contributed by atoms with van der Waals surface area (Å²) in [7, 11) is 5.73. The molecule has 2 aromatic carbocycles. The van der Waals surface area contributed by atoms with E-state index in [9.17, 15) is 53.1 Å². The van der Waals surface area contributed by atoms with Crippen molar-refractivity contribution in [2.75, 3.05) is 51.6 Å². The number of likely N-dealkylation sites (N-methyl/N-ethyl adjacent to an activating group) is 1. The first kappa shape index (κ1) is 66.3. The number of rotatable bonds is 22. The van der Waals surface area contributed by atoms with Gasteiger partial charge in [-0.3, -0.25) is 43.8 Å². The number of hydrogen-bond donors (Lipinski definition) is 7. The van der Waals surface area contributed by atoms with Crippen molar-refractivity contribution in [3.63, 3.8) is 0 Å². The van der Waals surface area contributed by atoms with E-state index in [0.717, 1.165) is 20.9 Å². The highest BCUT2D eigenvalue weighted by atomic mass is 35.5. The van der Waals surface area contributed by atoms with Gasteiger partial charge in [0.1, 0.15) is 41.1 Å². The van der Waals surface area contributed by atoms with Crippen LogP contribution in [0.25, 0.3) is 0 Å². The summed E-state index contributed by atoms with van der Waals surface area (Å²) < 4.78 is 29.4. The number of esters is 1. The molecule has 25 nitrogen and oxygen atoms in total. The molecule has 8 N–H and O–H groups in total. The summed E-state index contributed by atoms with van der Waals surface area (Å²) >= 11 is 6.83. The van der Waals surface area contributed by atoms with E-state index in [0.29, 0.717) is 37.1 Å². The molecule has 0 aromatic heterocycles. The van der Waals surface area contributed by atoms with Crippen LogP contribution in [0.1, 0.15) is 108 Å². The minimum atomic E-state index is -1.91. The number of imide groups is 1. The number of halogens is 1. The fraction of sp³-hybridized carbons (Fsp3) is 0.525. The lowest BCUT2D eigenvalue weighted by molar-refractivity contribution is -0.366. The minimum absolute atomic E-state index is 0.0231. The molecular formula is C59H78ClN9O16. The standard InChI is InChI=1S/C59H78ClN9O16/c1-33(2)51(65-46(70)18-11-10-12-26-69-47(71)23-24-48(69)72)53(75)64-41(16-14-25-62-56(61)78)52(74)63-39-21-19-38(20-22-39)54(76)67(6)36(5)55(77)85-59-32-49(73)68(7)42-28-37(29-44(81-8)50(42)60)27-34(3)15-13-17-45(82-9)58(80)31-40(83-57(79)66-58)30-43(84-59)35(59)4/h13,15,17,19-24,28-29,33,35-36,40-41,43,45,51,80H,10-12,14,16,18,25-27,30-32H2,1-9H3,(H,63,74)(H,64,75)(H,65,70)(H,66,79)(H3,61,62,78)/b17-13+,34-15+/t35-,36-,40+,41-,43-,45+,51-,58-,59-/m0/s1. The van der Waals surface area contributed by atoms with Gasteiger partial charge in [-0.2, -0.15) is 0 Å². The predicted molar refractivity (Wildman–Crippen MR) is 310 cm³/mol. The van der Waals surface area contributed by atoms with Gasteiger partial charge in [0.2, 0.25) is 29.4 Å². The van der Waals surface area contributed by atoms with Gasteiger partial charge in [-0.15, -0.1) is 0 Å². The van der Waals surface area contributed by atoms with Crippen molar-refractivity contribution >= 4 is 82.4 Å². The molecule has 5 heterocycles. The van der Waals surface area contributed by atoms with Crippen LogP contribution in [0.4, 0.5) is 21.0 Å². The molecule has 9 atom stereocenters. The predicted octanol–water partition coefficient (Wildman–Crippen LogP) is 4.29. The summed E-state index contributed by atoms with van der Waals surface area (Å²) in [5, 5.41) is 25.1. The van der Waals surface area contributed by atoms with Crippen LogP contribution in [0, 0.1) is 11.8 Å². The maximum atomic E-state index is 14.5. The molecule has 2 saturated heterocycles. The number of hydrogen-bond acceptors (Lipinski definition) is 16. The summed E-state index contributed by atoms with van der Waals surface area (Å²) in [5.74, 6) is -7.32. The summed E-state index contributed by atoms with van der Waals surface area (Å²) in [4.78, 5) is 135. The molecule has 85 heavy (non-hydrogen) atoms. The van der Waals surface area contributed by atoms with Gasteiger partial charge in [-0.1, -0.05) is 62.6 Å². The number of allylic oxidation sites excluding steroid dienone is 3. The lowest BCUT2D eigenvalue weighted by atomic mass is 9.80. The number of nitrogens with one attached hydrogen (secondary N) is 5. The Morgan fingerprint density at radius 3 is 2.29 bits per heavy atom. The second-order valence-corrected chi connectivity index (χ2v) is 22.5. The van der Waals surface area contributed by atoms with Crippen LogP contribution >= 0.6 is 11.6 Å². The molecule has 0 radical (unpaired) electrons. The van der Waals surface area contributed by atoms with Crippen molar-refractivity contribution in [3.8, 4) is 5.75 Å². The van der Waals surface area contributed by atoms with Gasteiger partial charge in [-0.25, -0.2) is 14.4 Å². The quantitative estimate of drug-likeness (QED) is 0.0491. The van der Waals surface area contributed by atoms with Crippen molar-refractivity contribution in [1.29, 1.82) is 0 Å². The lowest BCUT2D eigenvalue weighted by Gasteiger charge is -2.53. The average Bonchev–Trinajstić information content (AvgIpc) is 1.27. The number of methoxy groups -OCH3 is 2. The van der Waals surface area contributed by atoms with Crippen molar-refractivity contribution in [2.24, 2.45) is 17.6 Å². The molecule has 0 spiro atoms. The molecule has 7 rings (SSSR count). The topological polar surface area (TPSA) is 333 Å². The third kappa shape index (κ3) is 16.9. The van der Waals surface area contributed by atoms with Crippen molar-refractivity contribution < 1.29 is 76.7 Å². The molecular weight excluding hydrogens is 1130 g/mol. The molecule has 0 saturated carbocycles. The Balaban J connectivity index is 1.13. The van der Waals surface area contributed by atoms with Crippen molar-refractivity contribution in [2.45, 2.75) is 147 Å². The number of carbonyl (C=O) groups excluding carboxylic acids is 10. The zero-order valence-corrected chi connectivity index (χ0v) is 50.1. The summed E-state index contributed by atoms with van der Waals surface area (Å²) in [5.41, 5.74) is 5.58. The minimum Gasteiger partial charge on any atom is -0.495 e. The second kappa shape index (κ2) is 29.3. The maximum Gasteiger partial charge on any atom is 0.409 e. The first-order valence-corrected chi connectivity index (χ1v) is 28.5. The van der Waals surface area contributed by atoms with Gasteiger partial charge in [0.05, 0.1) is 25.3 Å². The number of unbranched alkanes of at least 4 members (excludes halogenated alkanes) is 2. The normalized spacial score (nSPS) is 24.3. The Labute approximate surface area is 498 Å². The Kier molecular flexibility index (Phi) is 22.8. The number of carbonyl (C=O) groups is 10. The van der Waals surface area contributed by atoms with Crippen molar-refractivity contribution in [3.05, 3.63) is 88.5 Å². The molecule has 6 bridgehead atoms. The zero-order valence-electron chi connectivity index (χ0n) is 49.3. The smallest absolute Gasteiger partial charge is 0.409 e. The number of anilines is 2. The fourth-order valence-electron chi connectivity index (χ4n) is 10.3. The molecule has 5 aliphatic rings. The zero-order chi connectivity index (χ0) is 62.5. The van der Waals surface area contributed by atoms with Crippen LogP contribution in [-0.2, 0) is 58.9 Å². The highest BCUT2D eigenvalue weighted by Crippen LogP contribution is 2.47. The van der Waals surface area contributed by atoms with Crippen molar-refractivity contribution in [1.82, 2.24) is 31.1 Å². The lowest BCUT2D eigenvalue weighted by Crippen LogP contribution is -2.66. The first-order valence-electron chi connectivity index (χ1n) is 28.2. The van der Waals surface area contributed by atoms with Gasteiger partial charge >= 0.3 is 18.1 Å². The van der Waals surface area contributed by atoms with E-state index in [1.807, 2.05) is 13.0 Å². The third-order valence-electron chi connectivity index (χ3n) is 15.5. The van der Waals surface area contributed by atoms with E-state index in [1.165, 1.54) is 76.6 Å². The van der Waals surface area contributed by atoms with Gasteiger partial charge < -0.3 is 65.6 Å². The number of benzene rings is 2. The Bertz CT molecular complexity index is 2940. The molecule has 0 aliphatic carbocycles. The number of nitrogens with zero attached hydrogens (tertiary/aromatic N) is 3. The summed E-state index contributed by atoms with van der Waals surface area (Å²) in [6, 6.07) is 4.95. The number of ether oxygens (including phenoxy) is 5. The molecule has 5 aliphatic heterocycles. The molecule has 10 amide bonds. The Morgan fingerprint density at radius 1 is 0.965 bits per heavy atom. The number of aliphatic hydroxyl groups is 1. The van der Waals surface area contributed by atoms with E-state index < -0.39 is 114 Å². The van der Waals surface area contributed by atoms with Gasteiger partial charge in [0, 0.05) is 82.9 Å². The van der Waals surface area contributed by atoms with Crippen LogP contribution in [0.15, 0.2) is 72.4 Å². The number of nitrogens with two attached hydrogens (primary N) is 1. The number of primary amides is 1. The Hall–Kier alpha value is -7.87. The van der Waals surface area contributed by atoms with Crippen LogP contribution in [0.3, 0.4) is 0 Å². The van der Waals surface area contributed by atoms with Crippen LogP contribution in [0.5, 0.6) is 5.75 Å². The van der Waals surface area contributed by atoms with Crippen LogP contribution in [0.2, 0.25) is 5.02 Å². The molecule has 26 heteroatoms. The largest absolute Gasteiger partial charge is 0.495 e. The Morgan fingerprint density at radius 2 is 1.66 bits per heavy atom. The average molecular weight is 1200 g/mol. The van der Waals surface area contributed by atoms with Crippen LogP contribution in [-0.4, -0.2) is 164 Å². The van der Waals surface area contributed by atoms with E-state index >= 15 is 0 Å². The van der Waals surface area contributed by atoms with E-state index in [2.05, 4.69) is 26.6 Å². The number of alkyl carbamates (subject to hydrolysis) is 1. The molecule has 2 aromatic rings. The number of fused-ring (bicyclic) bond motifs is 5. The van der Waals surface area contributed by atoms with Crippen LogP contribution < -0.4 is 42.0 Å². The first-order chi connectivity index (χ1) is 40.2. The maximum absolute atomic E-state index is 14.5. The van der Waals surface area contributed by atoms with E-state index in [1.54, 1.807) is 45.1 Å².